The van der Waals surface area contributed by atoms with Crippen molar-refractivity contribution in [3.8, 4) is 45.3 Å². The largest absolute Gasteiger partial charge is 0.208 e. The molecule has 68 heavy (non-hydrogen) atoms. The summed E-state index contributed by atoms with van der Waals surface area (Å²) >= 11 is 0. The van der Waals surface area contributed by atoms with Gasteiger partial charge in [0.1, 0.15) is 0 Å². The number of hydrogen-bond donors (Lipinski definition) is 0. The van der Waals surface area contributed by atoms with Crippen LogP contribution in [0.3, 0.4) is 0 Å². The van der Waals surface area contributed by atoms with Gasteiger partial charge in [-0.1, -0.05) is 279 Å². The van der Waals surface area contributed by atoms with Crippen LogP contribution >= 0.6 is 0 Å². The molecule has 1 heterocycles. The van der Waals surface area contributed by atoms with Gasteiger partial charge < -0.3 is 0 Å². The second-order valence-electron chi connectivity index (χ2n) is 17.1. The molecule has 0 fully saturated rings. The van der Waals surface area contributed by atoms with Crippen molar-refractivity contribution in [1.82, 2.24) is 15.0 Å². The highest BCUT2D eigenvalue weighted by Gasteiger charge is 2.42. The summed E-state index contributed by atoms with van der Waals surface area (Å²) in [4.78, 5) is 15.8. The van der Waals surface area contributed by atoms with Gasteiger partial charge in [-0.15, -0.1) is 0 Å². The molecule has 0 spiro atoms. The fraction of sp³-hybridized carbons (Fsp3) is 0.0156. The van der Waals surface area contributed by atoms with Gasteiger partial charge in [-0.25, -0.2) is 15.0 Å². The maximum atomic E-state index is 5.33. The summed E-state index contributed by atoms with van der Waals surface area (Å²) in [7, 11) is -2.84. The van der Waals surface area contributed by atoms with Gasteiger partial charge in [-0.2, -0.15) is 0 Å². The van der Waals surface area contributed by atoms with Gasteiger partial charge in [-0.3, -0.25) is 0 Å². The Balaban J connectivity index is 1.07. The molecular formula is C64H47N3Si. The summed E-state index contributed by atoms with van der Waals surface area (Å²) in [6, 6.07) is 102. The monoisotopic (exact) mass is 885 g/mol. The minimum atomic E-state index is -2.84. The molecule has 0 unspecified atom stereocenters. The molecule has 1 aromatic heterocycles. The van der Waals surface area contributed by atoms with Crippen molar-refractivity contribution in [2.24, 2.45) is 0 Å². The van der Waals surface area contributed by atoms with Crippen molar-refractivity contribution in [2.75, 3.05) is 0 Å². The molecule has 0 saturated heterocycles. The Morgan fingerprint density at radius 1 is 0.221 bits per heavy atom. The zero-order chi connectivity index (χ0) is 45.6. The minimum absolute atomic E-state index is 0.610. The lowest BCUT2D eigenvalue weighted by Crippen LogP contribution is -2.74. The lowest BCUT2D eigenvalue weighted by atomic mass is 9.65. The van der Waals surface area contributed by atoms with Crippen LogP contribution in [0.25, 0.3) is 45.3 Å². The highest BCUT2D eigenvalue weighted by molar-refractivity contribution is 7.19. The molecule has 3 nitrogen and oxygen atoms in total. The van der Waals surface area contributed by atoms with E-state index in [1.165, 1.54) is 48.6 Å². The first-order valence-electron chi connectivity index (χ1n) is 23.2. The molecule has 0 saturated carbocycles. The Morgan fingerprint density at radius 2 is 0.500 bits per heavy atom. The molecule has 0 amide bonds. The van der Waals surface area contributed by atoms with Gasteiger partial charge in [0.2, 0.25) is 0 Å². The van der Waals surface area contributed by atoms with Gasteiger partial charge in [0.25, 0.3) is 0 Å². The van der Waals surface area contributed by atoms with Crippen LogP contribution in [0.2, 0.25) is 0 Å². The number of nitrogens with zero attached hydrogens (tertiary/aromatic N) is 3. The van der Waals surface area contributed by atoms with E-state index in [-0.39, 0.29) is 0 Å². The fourth-order valence-electron chi connectivity index (χ4n) is 10.1. The van der Waals surface area contributed by atoms with E-state index < -0.39 is 13.5 Å². The molecule has 0 aliphatic rings. The Kier molecular flexibility index (Phi) is 11.6. The molecule has 0 radical (unpaired) electrons. The first-order chi connectivity index (χ1) is 33.7. The SMILES string of the molecule is c1ccc(-c2ccc([Si](c3ccccc3)(c3ccccc3)c3ccc(-c4nc(-c5ccccc5)nc(-c5cccc(C(c6ccccc6)(c6ccccc6)c6ccccc6)c5)n4)cc3)cc2)cc1. The predicted octanol–water partition coefficient (Wildman–Crippen LogP) is 12.3. The highest BCUT2D eigenvalue weighted by Crippen LogP contribution is 2.46. The zero-order valence-corrected chi connectivity index (χ0v) is 38.5. The predicted molar refractivity (Wildman–Crippen MR) is 283 cm³/mol. The molecular weight excluding hydrogens is 839 g/mol. The Morgan fingerprint density at radius 3 is 0.926 bits per heavy atom. The molecule has 0 atom stereocenters. The molecule has 0 N–H and O–H groups in total. The van der Waals surface area contributed by atoms with Crippen LogP contribution < -0.4 is 20.7 Å². The standard InChI is InChI=1S/C64H47N3Si/c1-8-23-48(24-9-1)49-39-43-59(44-40-49)68(57-35-18-6-19-36-57,58-37-20-7-21-38-58)60-45-41-51(42-46-60)62-65-61(50-25-10-2-11-26-50)66-63(67-62)52-27-22-34-56(47-52)64(53-28-12-3-13-29-53,54-30-14-4-15-31-54)55-32-16-5-17-33-55/h1-47H. The Labute approximate surface area is 399 Å². The molecule has 0 bridgehead atoms. The number of benzene rings is 10. The highest BCUT2D eigenvalue weighted by atomic mass is 28.3. The van der Waals surface area contributed by atoms with Crippen LogP contribution in [0, 0.1) is 0 Å². The van der Waals surface area contributed by atoms with Crippen LogP contribution in [-0.2, 0) is 5.41 Å². The summed E-state index contributed by atoms with van der Waals surface area (Å²) < 4.78 is 0. The molecule has 10 aromatic carbocycles. The quantitative estimate of drug-likeness (QED) is 0.0906. The second kappa shape index (κ2) is 18.7. The smallest absolute Gasteiger partial charge is 0.179 e. The van der Waals surface area contributed by atoms with Crippen LogP contribution in [-0.4, -0.2) is 23.0 Å². The lowest BCUT2D eigenvalue weighted by molar-refractivity contribution is 0.745. The van der Waals surface area contributed by atoms with E-state index in [0.29, 0.717) is 17.5 Å². The van der Waals surface area contributed by atoms with E-state index in [1.54, 1.807) is 0 Å². The van der Waals surface area contributed by atoms with Gasteiger partial charge in [0, 0.05) is 16.7 Å². The van der Waals surface area contributed by atoms with Crippen LogP contribution in [0.1, 0.15) is 22.3 Å². The average molecular weight is 886 g/mol. The van der Waals surface area contributed by atoms with Gasteiger partial charge >= 0.3 is 0 Å². The third-order valence-corrected chi connectivity index (χ3v) is 18.1. The van der Waals surface area contributed by atoms with Crippen LogP contribution in [0.4, 0.5) is 0 Å². The van der Waals surface area contributed by atoms with E-state index in [4.69, 9.17) is 15.0 Å². The van der Waals surface area contributed by atoms with Crippen LogP contribution in [0.5, 0.6) is 0 Å². The second-order valence-corrected chi connectivity index (χ2v) is 20.9. The Bertz CT molecular complexity index is 3250. The maximum absolute atomic E-state index is 5.33. The first-order valence-corrected chi connectivity index (χ1v) is 25.2. The third-order valence-electron chi connectivity index (χ3n) is 13.3. The fourth-order valence-corrected chi connectivity index (χ4v) is 14.8. The van der Waals surface area contributed by atoms with Crippen molar-refractivity contribution in [3.63, 3.8) is 0 Å². The van der Waals surface area contributed by atoms with E-state index in [9.17, 15) is 0 Å². The van der Waals surface area contributed by atoms with Crippen molar-refractivity contribution in [3.05, 3.63) is 307 Å². The third kappa shape index (κ3) is 7.77. The summed E-state index contributed by atoms with van der Waals surface area (Å²) in [6.45, 7) is 0. The lowest BCUT2D eigenvalue weighted by Gasteiger charge is -2.37. The molecule has 11 rings (SSSR count). The summed E-state index contributed by atoms with van der Waals surface area (Å²) in [5.41, 5.74) is 9.18. The summed E-state index contributed by atoms with van der Waals surface area (Å²) in [6.07, 6.45) is 0. The maximum Gasteiger partial charge on any atom is 0.179 e. The van der Waals surface area contributed by atoms with Crippen molar-refractivity contribution < 1.29 is 0 Å². The van der Waals surface area contributed by atoms with Crippen LogP contribution in [0.15, 0.2) is 285 Å². The number of hydrogen-bond acceptors (Lipinski definition) is 3. The summed E-state index contributed by atoms with van der Waals surface area (Å²) in [5.74, 6) is 1.85. The van der Waals surface area contributed by atoms with Crippen molar-refractivity contribution in [2.45, 2.75) is 5.41 Å². The van der Waals surface area contributed by atoms with Crippen molar-refractivity contribution in [1.29, 1.82) is 0 Å². The molecule has 0 aliphatic carbocycles. The molecule has 11 aromatic rings. The zero-order valence-electron chi connectivity index (χ0n) is 37.5. The number of aromatic nitrogens is 3. The van der Waals surface area contributed by atoms with Crippen molar-refractivity contribution >= 4 is 28.8 Å². The average Bonchev–Trinajstić information content (AvgIpc) is 3.44. The van der Waals surface area contributed by atoms with E-state index in [2.05, 4.69) is 267 Å². The number of rotatable bonds is 12. The molecule has 322 valence electrons. The topological polar surface area (TPSA) is 38.7 Å². The normalized spacial score (nSPS) is 11.5. The van der Waals surface area contributed by atoms with E-state index in [1.807, 2.05) is 18.2 Å². The molecule has 4 heteroatoms. The summed E-state index contributed by atoms with van der Waals surface area (Å²) in [5, 5.41) is 5.22. The van der Waals surface area contributed by atoms with E-state index in [0.717, 1.165) is 22.3 Å². The van der Waals surface area contributed by atoms with E-state index >= 15 is 0 Å². The Hall–Kier alpha value is -8.57. The molecule has 0 aliphatic heterocycles. The first kappa shape index (κ1) is 42.1. The minimum Gasteiger partial charge on any atom is -0.208 e. The van der Waals surface area contributed by atoms with Gasteiger partial charge in [-0.05, 0) is 60.2 Å². The van der Waals surface area contributed by atoms with Gasteiger partial charge in [0.05, 0.1) is 5.41 Å². The van der Waals surface area contributed by atoms with Gasteiger partial charge in [0.15, 0.2) is 25.5 Å².